The summed E-state index contributed by atoms with van der Waals surface area (Å²) in [4.78, 5) is 9.04. The lowest BCUT2D eigenvalue weighted by Crippen LogP contribution is -1.94. The van der Waals surface area contributed by atoms with Gasteiger partial charge in [-0.25, -0.2) is 9.97 Å². The van der Waals surface area contributed by atoms with Crippen LogP contribution in [-0.2, 0) is 7.05 Å². The Bertz CT molecular complexity index is 855. The van der Waals surface area contributed by atoms with Crippen molar-refractivity contribution in [2.75, 3.05) is 0 Å². The molecule has 0 radical (unpaired) electrons. The van der Waals surface area contributed by atoms with E-state index in [1.54, 1.807) is 11.0 Å². The number of para-hydroxylation sites is 2. The fourth-order valence-corrected chi connectivity index (χ4v) is 2.21. The summed E-state index contributed by atoms with van der Waals surface area (Å²) in [5.74, 6) is 0. The SMILES string of the molecule is Cn1ncc2c1ncn1c3ccccc3nc21. The van der Waals surface area contributed by atoms with Crippen molar-refractivity contribution in [2.45, 2.75) is 0 Å². The second kappa shape index (κ2) is 2.82. The van der Waals surface area contributed by atoms with E-state index in [1.165, 1.54) is 0 Å². The summed E-state index contributed by atoms with van der Waals surface area (Å²) in [6, 6.07) is 8.04. The molecule has 3 heterocycles. The second-order valence-electron chi connectivity index (χ2n) is 4.04. The third-order valence-corrected chi connectivity index (χ3v) is 3.04. The zero-order valence-electron chi connectivity index (χ0n) is 9.20. The number of imidazole rings is 1. The van der Waals surface area contributed by atoms with Crippen molar-refractivity contribution in [2.24, 2.45) is 7.05 Å². The van der Waals surface area contributed by atoms with Gasteiger partial charge in [-0.1, -0.05) is 12.1 Å². The molecule has 0 spiro atoms. The Morgan fingerprint density at radius 2 is 2.00 bits per heavy atom. The van der Waals surface area contributed by atoms with Crippen LogP contribution in [0.25, 0.3) is 27.7 Å². The number of aryl methyl sites for hydroxylation is 1. The third kappa shape index (κ3) is 1.00. The molecule has 0 amide bonds. The van der Waals surface area contributed by atoms with Gasteiger partial charge in [0.1, 0.15) is 6.33 Å². The Morgan fingerprint density at radius 1 is 1.12 bits per heavy atom. The maximum atomic E-state index is 4.63. The highest BCUT2D eigenvalue weighted by Gasteiger charge is 2.10. The molecule has 4 aromatic rings. The average Bonchev–Trinajstić information content (AvgIpc) is 2.90. The first-order chi connectivity index (χ1) is 8.34. The van der Waals surface area contributed by atoms with Crippen molar-refractivity contribution in [3.63, 3.8) is 0 Å². The smallest absolute Gasteiger partial charge is 0.162 e. The minimum atomic E-state index is 0.854. The van der Waals surface area contributed by atoms with Gasteiger partial charge in [-0.2, -0.15) is 5.10 Å². The molecule has 0 bridgehead atoms. The molecule has 0 aliphatic heterocycles. The third-order valence-electron chi connectivity index (χ3n) is 3.04. The van der Waals surface area contributed by atoms with Gasteiger partial charge in [0, 0.05) is 7.05 Å². The van der Waals surface area contributed by atoms with E-state index < -0.39 is 0 Å². The maximum Gasteiger partial charge on any atom is 0.162 e. The van der Waals surface area contributed by atoms with Crippen LogP contribution in [0.4, 0.5) is 0 Å². The van der Waals surface area contributed by atoms with Crippen molar-refractivity contribution in [1.82, 2.24) is 24.1 Å². The van der Waals surface area contributed by atoms with Crippen molar-refractivity contribution in [1.29, 1.82) is 0 Å². The molecule has 0 aliphatic carbocycles. The number of rotatable bonds is 0. The topological polar surface area (TPSA) is 48.0 Å². The van der Waals surface area contributed by atoms with Gasteiger partial charge in [0.05, 0.1) is 22.6 Å². The summed E-state index contributed by atoms with van der Waals surface area (Å²) in [7, 11) is 1.88. The van der Waals surface area contributed by atoms with Gasteiger partial charge in [0.25, 0.3) is 0 Å². The molecular weight excluding hydrogens is 214 g/mol. The summed E-state index contributed by atoms with van der Waals surface area (Å²) >= 11 is 0. The molecule has 1 aromatic carbocycles. The zero-order valence-corrected chi connectivity index (χ0v) is 9.20. The molecule has 3 aromatic heterocycles. The number of hydrogen-bond donors (Lipinski definition) is 0. The first kappa shape index (κ1) is 8.69. The molecule has 0 atom stereocenters. The molecule has 0 N–H and O–H groups in total. The summed E-state index contributed by atoms with van der Waals surface area (Å²) < 4.78 is 3.76. The van der Waals surface area contributed by atoms with Gasteiger partial charge in [-0.15, -0.1) is 0 Å². The lowest BCUT2D eigenvalue weighted by molar-refractivity contribution is 0.785. The Morgan fingerprint density at radius 3 is 2.94 bits per heavy atom. The van der Waals surface area contributed by atoms with Crippen molar-refractivity contribution in [3.8, 4) is 0 Å². The number of hydrogen-bond acceptors (Lipinski definition) is 3. The molecule has 4 rings (SSSR count). The van der Waals surface area contributed by atoms with E-state index in [0.29, 0.717) is 0 Å². The molecule has 82 valence electrons. The van der Waals surface area contributed by atoms with Crippen LogP contribution in [0.5, 0.6) is 0 Å². The van der Waals surface area contributed by atoms with E-state index in [2.05, 4.69) is 15.1 Å². The molecule has 0 saturated heterocycles. The van der Waals surface area contributed by atoms with Crippen LogP contribution in [0.3, 0.4) is 0 Å². The second-order valence-corrected chi connectivity index (χ2v) is 4.04. The first-order valence-corrected chi connectivity index (χ1v) is 5.38. The zero-order chi connectivity index (χ0) is 11.4. The highest BCUT2D eigenvalue weighted by atomic mass is 15.3. The van der Waals surface area contributed by atoms with Crippen LogP contribution in [0.2, 0.25) is 0 Å². The lowest BCUT2D eigenvalue weighted by Gasteiger charge is -1.96. The summed E-state index contributed by atoms with van der Waals surface area (Å²) in [5, 5.41) is 5.19. The van der Waals surface area contributed by atoms with E-state index in [-0.39, 0.29) is 0 Å². The van der Waals surface area contributed by atoms with Gasteiger partial charge < -0.3 is 0 Å². The predicted molar refractivity (Wildman–Crippen MR) is 64.8 cm³/mol. The van der Waals surface area contributed by atoms with Crippen LogP contribution < -0.4 is 0 Å². The first-order valence-electron chi connectivity index (χ1n) is 5.38. The van der Waals surface area contributed by atoms with Crippen LogP contribution in [-0.4, -0.2) is 24.1 Å². The van der Waals surface area contributed by atoms with E-state index in [4.69, 9.17) is 0 Å². The normalized spacial score (nSPS) is 11.8. The molecule has 5 heteroatoms. The van der Waals surface area contributed by atoms with Crippen molar-refractivity contribution < 1.29 is 0 Å². The van der Waals surface area contributed by atoms with Gasteiger partial charge >= 0.3 is 0 Å². The number of aromatic nitrogens is 5. The monoisotopic (exact) mass is 223 g/mol. The van der Waals surface area contributed by atoms with E-state index in [1.807, 2.05) is 41.9 Å². The van der Waals surface area contributed by atoms with Gasteiger partial charge in [0.2, 0.25) is 0 Å². The van der Waals surface area contributed by atoms with Gasteiger partial charge in [-0.05, 0) is 12.1 Å². The Balaban J connectivity index is 2.34. The van der Waals surface area contributed by atoms with Gasteiger partial charge in [0.15, 0.2) is 11.3 Å². The molecule has 0 aliphatic rings. The number of nitrogens with zero attached hydrogens (tertiary/aromatic N) is 5. The quantitative estimate of drug-likeness (QED) is 0.456. The Labute approximate surface area is 96.3 Å². The largest absolute Gasteiger partial charge is 0.282 e. The highest BCUT2D eigenvalue weighted by Crippen LogP contribution is 2.21. The summed E-state index contributed by atoms with van der Waals surface area (Å²) in [5.41, 5.74) is 3.81. The highest BCUT2D eigenvalue weighted by molar-refractivity contribution is 5.94. The van der Waals surface area contributed by atoms with Crippen molar-refractivity contribution >= 4 is 27.7 Å². The fraction of sp³-hybridized carbons (Fsp3) is 0.0833. The number of benzene rings is 1. The summed E-state index contributed by atoms with van der Waals surface area (Å²) in [6.07, 6.45) is 3.61. The van der Waals surface area contributed by atoms with Crippen LogP contribution in [0.15, 0.2) is 36.8 Å². The van der Waals surface area contributed by atoms with E-state index in [9.17, 15) is 0 Å². The Hall–Kier alpha value is -2.43. The minimum Gasteiger partial charge on any atom is -0.282 e. The van der Waals surface area contributed by atoms with E-state index in [0.717, 1.165) is 27.7 Å². The van der Waals surface area contributed by atoms with Crippen LogP contribution >= 0.6 is 0 Å². The van der Waals surface area contributed by atoms with E-state index >= 15 is 0 Å². The molecular formula is C12H9N5. The fourth-order valence-electron chi connectivity index (χ4n) is 2.21. The van der Waals surface area contributed by atoms with Gasteiger partial charge in [-0.3, -0.25) is 9.08 Å². The average molecular weight is 223 g/mol. The molecule has 5 nitrogen and oxygen atoms in total. The molecule has 0 fully saturated rings. The number of fused-ring (bicyclic) bond motifs is 5. The molecule has 17 heavy (non-hydrogen) atoms. The molecule has 0 saturated carbocycles. The molecule has 0 unspecified atom stereocenters. The van der Waals surface area contributed by atoms with Crippen LogP contribution in [0, 0.1) is 0 Å². The minimum absolute atomic E-state index is 0.854. The maximum absolute atomic E-state index is 4.63. The standard InChI is InChI=1S/C12H9N5/c1-16-11-8(6-14-16)12-15-9-4-2-3-5-10(9)17(12)7-13-11/h2-7H,1H3. The summed E-state index contributed by atoms with van der Waals surface area (Å²) in [6.45, 7) is 0. The lowest BCUT2D eigenvalue weighted by atomic mass is 10.3. The van der Waals surface area contributed by atoms with Crippen molar-refractivity contribution in [3.05, 3.63) is 36.8 Å². The predicted octanol–water partition coefficient (Wildman–Crippen LogP) is 1.77. The van der Waals surface area contributed by atoms with Crippen LogP contribution in [0.1, 0.15) is 0 Å². The Kier molecular flexibility index (Phi) is 1.44.